The number of hydrogen-bond acceptors (Lipinski definition) is 4. The smallest absolute Gasteiger partial charge is 0.491 e. The summed E-state index contributed by atoms with van der Waals surface area (Å²) in [6.45, 7) is 10.7. The third-order valence-electron chi connectivity index (χ3n) is 4.10. The minimum absolute atomic E-state index is 0.410. The van der Waals surface area contributed by atoms with Gasteiger partial charge in [-0.2, -0.15) is 0 Å². The zero-order chi connectivity index (χ0) is 15.8. The summed E-state index contributed by atoms with van der Waals surface area (Å²) in [5.41, 5.74) is 6.39. The molecule has 0 aliphatic carbocycles. The maximum absolute atomic E-state index is 6.31. The highest BCUT2D eigenvalue weighted by Crippen LogP contribution is 2.37. The molecule has 0 amide bonds. The number of nitrogen functional groups attached to an aromatic ring is 1. The molecule has 2 rings (SSSR count). The van der Waals surface area contributed by atoms with Crippen LogP contribution in [0.1, 0.15) is 41.0 Å². The predicted octanol–water partition coefficient (Wildman–Crippen LogP) is 3.01. The third kappa shape index (κ3) is 3.15. The van der Waals surface area contributed by atoms with Crippen LogP contribution in [0.5, 0.6) is 5.75 Å². The SMILES string of the molecule is CCCOc1cc(B2OC(C)(C)C(C)(C)O2)c(Cl)cc1N. The van der Waals surface area contributed by atoms with E-state index in [-0.39, 0.29) is 0 Å². The molecule has 4 nitrogen and oxygen atoms in total. The maximum Gasteiger partial charge on any atom is 0.496 e. The minimum Gasteiger partial charge on any atom is -0.491 e. The second kappa shape index (κ2) is 5.71. The number of ether oxygens (including phenoxy) is 1. The number of benzene rings is 1. The standard InChI is InChI=1S/C15H23BClNO3/c1-6-7-19-13-8-10(11(17)9-12(13)18)16-20-14(2,3)15(4,5)21-16/h8-9H,6-7,18H2,1-5H3. The molecule has 1 heterocycles. The highest BCUT2D eigenvalue weighted by Gasteiger charge is 2.52. The van der Waals surface area contributed by atoms with E-state index in [2.05, 4.69) is 0 Å². The molecule has 1 aromatic carbocycles. The molecule has 0 saturated carbocycles. The lowest BCUT2D eigenvalue weighted by atomic mass is 9.79. The molecule has 6 heteroatoms. The van der Waals surface area contributed by atoms with Crippen LogP contribution >= 0.6 is 11.6 Å². The van der Waals surface area contributed by atoms with Crippen molar-refractivity contribution in [2.24, 2.45) is 0 Å². The van der Waals surface area contributed by atoms with E-state index in [0.717, 1.165) is 11.9 Å². The van der Waals surface area contributed by atoms with Crippen molar-refractivity contribution in [1.82, 2.24) is 0 Å². The van der Waals surface area contributed by atoms with Crippen LogP contribution in [0.15, 0.2) is 12.1 Å². The molecule has 0 atom stereocenters. The Hall–Kier alpha value is -0.905. The van der Waals surface area contributed by atoms with Gasteiger partial charge in [-0.1, -0.05) is 18.5 Å². The molecular weight excluding hydrogens is 288 g/mol. The van der Waals surface area contributed by atoms with E-state index in [0.29, 0.717) is 23.1 Å². The third-order valence-corrected chi connectivity index (χ3v) is 4.43. The van der Waals surface area contributed by atoms with Crippen LogP contribution in [0, 0.1) is 0 Å². The van der Waals surface area contributed by atoms with Crippen molar-refractivity contribution in [1.29, 1.82) is 0 Å². The van der Waals surface area contributed by atoms with Crippen LogP contribution < -0.4 is 15.9 Å². The van der Waals surface area contributed by atoms with Crippen molar-refractivity contribution in [3.8, 4) is 5.75 Å². The van der Waals surface area contributed by atoms with Crippen molar-refractivity contribution >= 4 is 29.9 Å². The van der Waals surface area contributed by atoms with Crippen molar-refractivity contribution in [3.63, 3.8) is 0 Å². The molecule has 21 heavy (non-hydrogen) atoms. The van der Waals surface area contributed by atoms with Crippen LogP contribution in [-0.2, 0) is 9.31 Å². The Bertz CT molecular complexity index is 518. The van der Waals surface area contributed by atoms with Gasteiger partial charge in [0.05, 0.1) is 23.5 Å². The average molecular weight is 312 g/mol. The van der Waals surface area contributed by atoms with Crippen molar-refractivity contribution in [2.75, 3.05) is 12.3 Å². The molecular formula is C15H23BClNO3. The first-order valence-corrected chi connectivity index (χ1v) is 7.63. The summed E-state index contributed by atoms with van der Waals surface area (Å²) in [7, 11) is -0.521. The molecule has 0 unspecified atom stereocenters. The van der Waals surface area contributed by atoms with Gasteiger partial charge < -0.3 is 19.8 Å². The molecule has 0 spiro atoms. The second-order valence-corrected chi connectivity index (χ2v) is 6.76. The van der Waals surface area contributed by atoms with Crippen LogP contribution in [-0.4, -0.2) is 24.9 Å². The molecule has 1 aliphatic heterocycles. The Morgan fingerprint density at radius 3 is 2.29 bits per heavy atom. The Morgan fingerprint density at radius 1 is 1.19 bits per heavy atom. The summed E-state index contributed by atoms with van der Waals surface area (Å²) >= 11 is 6.31. The first kappa shape index (κ1) is 16.5. The van der Waals surface area contributed by atoms with Gasteiger partial charge in [-0.05, 0) is 46.2 Å². The fraction of sp³-hybridized carbons (Fsp3) is 0.600. The highest BCUT2D eigenvalue weighted by atomic mass is 35.5. The number of rotatable bonds is 4. The van der Waals surface area contributed by atoms with E-state index in [9.17, 15) is 0 Å². The summed E-state index contributed by atoms with van der Waals surface area (Å²) in [5, 5.41) is 0.523. The molecule has 1 aromatic rings. The van der Waals surface area contributed by atoms with Gasteiger partial charge in [0.25, 0.3) is 0 Å². The van der Waals surface area contributed by atoms with Gasteiger partial charge in [-0.15, -0.1) is 0 Å². The molecule has 0 bridgehead atoms. The van der Waals surface area contributed by atoms with E-state index in [1.807, 2.05) is 40.7 Å². The molecule has 1 saturated heterocycles. The molecule has 0 radical (unpaired) electrons. The first-order valence-electron chi connectivity index (χ1n) is 7.25. The molecule has 2 N–H and O–H groups in total. The average Bonchev–Trinajstić information content (AvgIpc) is 2.57. The second-order valence-electron chi connectivity index (χ2n) is 6.35. The van der Waals surface area contributed by atoms with Gasteiger partial charge in [0, 0.05) is 10.5 Å². The quantitative estimate of drug-likeness (QED) is 0.686. The van der Waals surface area contributed by atoms with E-state index in [1.54, 1.807) is 6.07 Å². The zero-order valence-corrected chi connectivity index (χ0v) is 14.1. The maximum atomic E-state index is 6.31. The van der Waals surface area contributed by atoms with E-state index >= 15 is 0 Å². The number of hydrogen-bond donors (Lipinski definition) is 1. The van der Waals surface area contributed by atoms with Crippen LogP contribution in [0.25, 0.3) is 0 Å². The summed E-state index contributed by atoms with van der Waals surface area (Å²) in [6, 6.07) is 3.50. The van der Waals surface area contributed by atoms with Crippen molar-refractivity contribution in [2.45, 2.75) is 52.2 Å². The molecule has 1 aliphatic rings. The van der Waals surface area contributed by atoms with Gasteiger partial charge in [-0.3, -0.25) is 0 Å². The lowest BCUT2D eigenvalue weighted by molar-refractivity contribution is 0.00578. The van der Waals surface area contributed by atoms with Crippen LogP contribution in [0.3, 0.4) is 0 Å². The minimum atomic E-state index is -0.521. The Labute approximate surface area is 132 Å². The Kier molecular flexibility index (Phi) is 4.48. The topological polar surface area (TPSA) is 53.7 Å². The summed E-state index contributed by atoms with van der Waals surface area (Å²) in [6.07, 6.45) is 0.911. The largest absolute Gasteiger partial charge is 0.496 e. The van der Waals surface area contributed by atoms with Crippen molar-refractivity contribution < 1.29 is 14.0 Å². The van der Waals surface area contributed by atoms with E-state index in [1.165, 1.54) is 0 Å². The van der Waals surface area contributed by atoms with Crippen LogP contribution in [0.4, 0.5) is 5.69 Å². The zero-order valence-electron chi connectivity index (χ0n) is 13.3. The van der Waals surface area contributed by atoms with Crippen molar-refractivity contribution in [3.05, 3.63) is 17.2 Å². The fourth-order valence-electron chi connectivity index (χ4n) is 2.07. The highest BCUT2D eigenvalue weighted by molar-refractivity contribution is 6.65. The van der Waals surface area contributed by atoms with E-state index in [4.69, 9.17) is 31.4 Å². The molecule has 116 valence electrons. The monoisotopic (exact) mass is 311 g/mol. The lowest BCUT2D eigenvalue weighted by Gasteiger charge is -2.32. The van der Waals surface area contributed by atoms with Gasteiger partial charge in [0.1, 0.15) is 5.75 Å². The Morgan fingerprint density at radius 2 is 1.76 bits per heavy atom. The molecule has 0 aromatic heterocycles. The number of halogens is 1. The van der Waals surface area contributed by atoms with Gasteiger partial charge >= 0.3 is 7.12 Å². The predicted molar refractivity (Wildman–Crippen MR) is 87.4 cm³/mol. The van der Waals surface area contributed by atoms with Gasteiger partial charge in [-0.25, -0.2) is 0 Å². The number of nitrogens with two attached hydrogens (primary N) is 1. The first-order chi connectivity index (χ1) is 9.68. The summed E-state index contributed by atoms with van der Waals surface area (Å²) < 4.78 is 17.7. The van der Waals surface area contributed by atoms with Gasteiger partial charge in [0.15, 0.2) is 0 Å². The van der Waals surface area contributed by atoms with E-state index < -0.39 is 18.3 Å². The molecule has 1 fully saturated rings. The summed E-state index contributed by atoms with van der Waals surface area (Å²) in [4.78, 5) is 0. The summed E-state index contributed by atoms with van der Waals surface area (Å²) in [5.74, 6) is 0.617. The number of anilines is 1. The Balaban J connectivity index is 2.32. The fourth-order valence-corrected chi connectivity index (χ4v) is 2.33. The van der Waals surface area contributed by atoms with Gasteiger partial charge in [0.2, 0.25) is 0 Å². The normalized spacial score (nSPS) is 19.8. The lowest BCUT2D eigenvalue weighted by Crippen LogP contribution is -2.41. The van der Waals surface area contributed by atoms with Crippen LogP contribution in [0.2, 0.25) is 5.02 Å².